The van der Waals surface area contributed by atoms with Crippen molar-refractivity contribution in [2.45, 2.75) is 32.2 Å². The van der Waals surface area contributed by atoms with E-state index < -0.39 is 14.2 Å². The average Bonchev–Trinajstić information content (AvgIpc) is 2.85. The molecule has 6 nitrogen and oxygen atoms in total. The molecular weight excluding hydrogens is 296 g/mol. The number of carbonyl (C=O) groups excluding carboxylic acids is 1. The van der Waals surface area contributed by atoms with Crippen LogP contribution in [0.5, 0.6) is 0 Å². The van der Waals surface area contributed by atoms with Crippen molar-refractivity contribution in [3.05, 3.63) is 42.1 Å². The first-order valence-corrected chi connectivity index (χ1v) is 11.0. The van der Waals surface area contributed by atoms with E-state index in [4.69, 9.17) is 4.74 Å². The van der Waals surface area contributed by atoms with Crippen LogP contribution in [0, 0.1) is 0 Å². The summed E-state index contributed by atoms with van der Waals surface area (Å²) in [4.78, 5) is 13.2. The van der Waals surface area contributed by atoms with Crippen molar-refractivity contribution in [3.8, 4) is 0 Å². The Kier molecular flexibility index (Phi) is 5.32. The number of hydrogen-bond donors (Lipinski definition) is 1. The molecule has 1 heterocycles. The molecule has 0 aliphatic carbocycles. The molecule has 1 amide bonds. The first-order valence-electron chi connectivity index (χ1n) is 7.30. The van der Waals surface area contributed by atoms with Gasteiger partial charge in [0.05, 0.1) is 19.3 Å². The van der Waals surface area contributed by atoms with E-state index in [2.05, 4.69) is 35.2 Å². The van der Waals surface area contributed by atoms with E-state index in [9.17, 15) is 4.79 Å². The van der Waals surface area contributed by atoms with E-state index in [1.165, 1.54) is 11.0 Å². The van der Waals surface area contributed by atoms with Crippen molar-refractivity contribution in [3.63, 3.8) is 0 Å². The molecule has 2 rings (SSSR count). The molecule has 22 heavy (non-hydrogen) atoms. The Balaban J connectivity index is 1.80. The molecule has 0 atom stereocenters. The maximum atomic E-state index is 11.7. The van der Waals surface area contributed by atoms with Gasteiger partial charge in [-0.1, -0.05) is 50.0 Å². The Hall–Kier alpha value is -2.15. The summed E-state index contributed by atoms with van der Waals surface area (Å²) in [5.74, 6) is 0.397. The zero-order valence-electron chi connectivity index (χ0n) is 13.2. The predicted molar refractivity (Wildman–Crippen MR) is 88.7 cm³/mol. The van der Waals surface area contributed by atoms with E-state index in [1.54, 1.807) is 0 Å². The SMILES string of the molecule is C[Si](C)(C)CCOC(=O)Nc1cnn(Cc2ccccc2)n1. The first kappa shape index (κ1) is 16.2. The van der Waals surface area contributed by atoms with Gasteiger partial charge in [0.15, 0.2) is 5.82 Å². The molecule has 0 spiro atoms. The number of nitrogens with zero attached hydrogens (tertiary/aromatic N) is 3. The topological polar surface area (TPSA) is 69.0 Å². The molecule has 0 radical (unpaired) electrons. The Bertz CT molecular complexity index is 608. The number of carbonyl (C=O) groups is 1. The average molecular weight is 318 g/mol. The lowest BCUT2D eigenvalue weighted by Gasteiger charge is -2.15. The third-order valence-corrected chi connectivity index (χ3v) is 4.72. The van der Waals surface area contributed by atoms with Gasteiger partial charge in [0.2, 0.25) is 0 Å². The van der Waals surface area contributed by atoms with Gasteiger partial charge in [-0.05, 0) is 11.6 Å². The standard InChI is InChI=1S/C15H22N4O2Si/c1-22(2,3)10-9-21-15(20)17-14-11-16-19(18-14)12-13-7-5-4-6-8-13/h4-8,11H,9-10,12H2,1-3H3,(H,17,18,20). The van der Waals surface area contributed by atoms with Crippen LogP contribution in [0.2, 0.25) is 25.7 Å². The third kappa shape index (κ3) is 5.69. The van der Waals surface area contributed by atoms with Crippen LogP contribution in [0.3, 0.4) is 0 Å². The number of rotatable bonds is 6. The summed E-state index contributed by atoms with van der Waals surface area (Å²) in [6, 6.07) is 10.8. The number of nitrogens with one attached hydrogen (secondary N) is 1. The second-order valence-corrected chi connectivity index (χ2v) is 11.9. The second-order valence-electron chi connectivity index (χ2n) is 6.32. The van der Waals surface area contributed by atoms with E-state index in [-0.39, 0.29) is 0 Å². The van der Waals surface area contributed by atoms with E-state index >= 15 is 0 Å². The number of aromatic nitrogens is 3. The highest BCUT2D eigenvalue weighted by atomic mass is 28.3. The minimum atomic E-state index is -1.19. The van der Waals surface area contributed by atoms with Crippen LogP contribution < -0.4 is 5.32 Å². The monoisotopic (exact) mass is 318 g/mol. The summed E-state index contributed by atoms with van der Waals surface area (Å²) >= 11 is 0. The number of ether oxygens (including phenoxy) is 1. The normalized spacial score (nSPS) is 11.2. The van der Waals surface area contributed by atoms with Crippen molar-refractivity contribution in [2.75, 3.05) is 11.9 Å². The van der Waals surface area contributed by atoms with Gasteiger partial charge in [-0.15, -0.1) is 5.10 Å². The lowest BCUT2D eigenvalue weighted by atomic mass is 10.2. The summed E-state index contributed by atoms with van der Waals surface area (Å²) in [6.07, 6.45) is 1.04. The van der Waals surface area contributed by atoms with Crippen LogP contribution in [-0.4, -0.2) is 35.8 Å². The van der Waals surface area contributed by atoms with Gasteiger partial charge in [0.1, 0.15) is 0 Å². The van der Waals surface area contributed by atoms with Crippen molar-refractivity contribution < 1.29 is 9.53 Å². The molecule has 1 N–H and O–H groups in total. The van der Waals surface area contributed by atoms with Crippen molar-refractivity contribution >= 4 is 20.0 Å². The largest absolute Gasteiger partial charge is 0.450 e. The maximum Gasteiger partial charge on any atom is 0.412 e. The highest BCUT2D eigenvalue weighted by Crippen LogP contribution is 2.08. The Morgan fingerprint density at radius 1 is 1.27 bits per heavy atom. The number of benzene rings is 1. The Morgan fingerprint density at radius 3 is 2.68 bits per heavy atom. The molecule has 2 aromatic rings. The third-order valence-electron chi connectivity index (χ3n) is 3.02. The van der Waals surface area contributed by atoms with Crippen molar-refractivity contribution in [1.82, 2.24) is 15.0 Å². The maximum absolute atomic E-state index is 11.7. The molecule has 118 valence electrons. The van der Waals surface area contributed by atoms with Crippen LogP contribution in [0.4, 0.5) is 10.6 Å². The van der Waals surface area contributed by atoms with Gasteiger partial charge < -0.3 is 4.74 Å². The lowest BCUT2D eigenvalue weighted by Crippen LogP contribution is -2.24. The molecule has 0 bridgehead atoms. The molecular formula is C15H22N4O2Si. The number of anilines is 1. The summed E-state index contributed by atoms with van der Waals surface area (Å²) in [7, 11) is -1.19. The molecule has 0 fully saturated rings. The van der Waals surface area contributed by atoms with Crippen LogP contribution in [0.1, 0.15) is 5.56 Å². The minimum Gasteiger partial charge on any atom is -0.450 e. The molecule has 1 aromatic carbocycles. The van der Waals surface area contributed by atoms with Crippen molar-refractivity contribution in [1.29, 1.82) is 0 Å². The quantitative estimate of drug-likeness (QED) is 0.830. The second kappa shape index (κ2) is 7.21. The van der Waals surface area contributed by atoms with Gasteiger partial charge in [0, 0.05) is 8.07 Å². The zero-order chi connectivity index (χ0) is 16.0. The van der Waals surface area contributed by atoms with Gasteiger partial charge in [-0.2, -0.15) is 9.90 Å². The molecule has 7 heteroatoms. The van der Waals surface area contributed by atoms with Crippen LogP contribution in [0.25, 0.3) is 0 Å². The molecule has 0 aliphatic heterocycles. The highest BCUT2D eigenvalue weighted by Gasteiger charge is 2.14. The van der Waals surface area contributed by atoms with E-state index in [0.29, 0.717) is 19.0 Å². The summed E-state index contributed by atoms with van der Waals surface area (Å²) in [5, 5.41) is 10.9. The van der Waals surface area contributed by atoms with Gasteiger partial charge >= 0.3 is 6.09 Å². The fourth-order valence-electron chi connectivity index (χ4n) is 1.77. The molecule has 0 saturated heterocycles. The molecule has 0 aliphatic rings. The molecule has 0 saturated carbocycles. The fraction of sp³-hybridized carbons (Fsp3) is 0.400. The predicted octanol–water partition coefficient (Wildman–Crippen LogP) is 3.21. The van der Waals surface area contributed by atoms with Crippen LogP contribution in [0.15, 0.2) is 36.5 Å². The fourth-order valence-corrected chi connectivity index (χ4v) is 2.48. The highest BCUT2D eigenvalue weighted by molar-refractivity contribution is 6.76. The Morgan fingerprint density at radius 2 is 2.00 bits per heavy atom. The number of hydrogen-bond acceptors (Lipinski definition) is 4. The van der Waals surface area contributed by atoms with Crippen LogP contribution in [-0.2, 0) is 11.3 Å². The molecule has 0 unspecified atom stereocenters. The summed E-state index contributed by atoms with van der Waals surface area (Å²) in [5.41, 5.74) is 1.10. The summed E-state index contributed by atoms with van der Waals surface area (Å²) in [6.45, 7) is 7.73. The Labute approximate surface area is 131 Å². The van der Waals surface area contributed by atoms with E-state index in [0.717, 1.165) is 11.6 Å². The van der Waals surface area contributed by atoms with Gasteiger partial charge in [-0.25, -0.2) is 4.79 Å². The minimum absolute atomic E-state index is 0.397. The molecule has 1 aromatic heterocycles. The first-order chi connectivity index (χ1) is 10.4. The lowest BCUT2D eigenvalue weighted by molar-refractivity contribution is 0.167. The van der Waals surface area contributed by atoms with E-state index in [1.807, 2.05) is 30.3 Å². The zero-order valence-corrected chi connectivity index (χ0v) is 14.2. The smallest absolute Gasteiger partial charge is 0.412 e. The summed E-state index contributed by atoms with van der Waals surface area (Å²) < 4.78 is 5.16. The van der Waals surface area contributed by atoms with Crippen molar-refractivity contribution in [2.24, 2.45) is 0 Å². The van der Waals surface area contributed by atoms with Gasteiger partial charge in [0.25, 0.3) is 0 Å². The van der Waals surface area contributed by atoms with Gasteiger partial charge in [-0.3, -0.25) is 5.32 Å². The number of amides is 1. The van der Waals surface area contributed by atoms with Crippen LogP contribution >= 0.6 is 0 Å².